The van der Waals surface area contributed by atoms with Gasteiger partial charge in [0.25, 0.3) is 11.5 Å². The van der Waals surface area contributed by atoms with Crippen molar-refractivity contribution in [1.82, 2.24) is 15.0 Å². The zero-order valence-corrected chi connectivity index (χ0v) is 19.5. The molecule has 1 aromatic heterocycles. The average molecular weight is 473 g/mol. The van der Waals surface area contributed by atoms with Gasteiger partial charge >= 0.3 is 0 Å². The Labute approximate surface area is 201 Å². The summed E-state index contributed by atoms with van der Waals surface area (Å²) in [4.78, 5) is 30.2. The highest BCUT2D eigenvalue weighted by Gasteiger charge is 2.14. The van der Waals surface area contributed by atoms with E-state index in [9.17, 15) is 9.59 Å². The SMILES string of the molecule is CCCOc1ccc(/C=N/NC(=O)CSc2nc3ccccc3c(=O)n2-c2ccccc2)cc1. The molecule has 1 N–H and O–H groups in total. The molecule has 0 radical (unpaired) electrons. The number of amides is 1. The zero-order valence-electron chi connectivity index (χ0n) is 18.7. The molecule has 4 aromatic rings. The van der Waals surface area contributed by atoms with Crippen molar-refractivity contribution in [2.24, 2.45) is 5.10 Å². The Morgan fingerprint density at radius 2 is 1.79 bits per heavy atom. The van der Waals surface area contributed by atoms with E-state index in [1.165, 1.54) is 16.3 Å². The summed E-state index contributed by atoms with van der Waals surface area (Å²) in [5, 5.41) is 4.99. The van der Waals surface area contributed by atoms with E-state index >= 15 is 0 Å². The van der Waals surface area contributed by atoms with Crippen LogP contribution in [0.25, 0.3) is 16.6 Å². The van der Waals surface area contributed by atoms with Crippen LogP contribution in [-0.4, -0.2) is 34.0 Å². The van der Waals surface area contributed by atoms with E-state index in [-0.39, 0.29) is 17.2 Å². The maximum absolute atomic E-state index is 13.2. The van der Waals surface area contributed by atoms with E-state index in [1.54, 1.807) is 18.3 Å². The molecule has 172 valence electrons. The van der Waals surface area contributed by atoms with Crippen molar-refractivity contribution in [1.29, 1.82) is 0 Å². The lowest BCUT2D eigenvalue weighted by molar-refractivity contribution is -0.118. The summed E-state index contributed by atoms with van der Waals surface area (Å²) in [6.45, 7) is 2.73. The number of hydrogen-bond donors (Lipinski definition) is 1. The van der Waals surface area contributed by atoms with Crippen molar-refractivity contribution in [3.63, 3.8) is 0 Å². The van der Waals surface area contributed by atoms with Crippen molar-refractivity contribution in [3.8, 4) is 11.4 Å². The topological polar surface area (TPSA) is 85.6 Å². The first-order valence-electron chi connectivity index (χ1n) is 10.9. The Morgan fingerprint density at radius 1 is 1.06 bits per heavy atom. The first kappa shape index (κ1) is 23.3. The molecule has 4 rings (SSSR count). The van der Waals surface area contributed by atoms with Crippen LogP contribution in [0.3, 0.4) is 0 Å². The van der Waals surface area contributed by atoms with Crippen LogP contribution in [0.1, 0.15) is 18.9 Å². The van der Waals surface area contributed by atoms with Crippen LogP contribution < -0.4 is 15.7 Å². The van der Waals surface area contributed by atoms with Gasteiger partial charge in [-0.3, -0.25) is 14.2 Å². The van der Waals surface area contributed by atoms with Crippen LogP contribution in [0.15, 0.2) is 93.9 Å². The van der Waals surface area contributed by atoms with Crippen molar-refractivity contribution < 1.29 is 9.53 Å². The van der Waals surface area contributed by atoms with Gasteiger partial charge in [0, 0.05) is 0 Å². The number of hydrogen-bond acceptors (Lipinski definition) is 6. The van der Waals surface area contributed by atoms with E-state index in [0.29, 0.717) is 28.4 Å². The molecule has 0 saturated heterocycles. The highest BCUT2D eigenvalue weighted by atomic mass is 32.2. The van der Waals surface area contributed by atoms with Crippen LogP contribution >= 0.6 is 11.8 Å². The number of hydrazone groups is 1. The highest BCUT2D eigenvalue weighted by Crippen LogP contribution is 2.21. The Balaban J connectivity index is 1.45. The summed E-state index contributed by atoms with van der Waals surface area (Å²) in [6, 6.07) is 23.9. The predicted octanol–water partition coefficient (Wildman–Crippen LogP) is 4.42. The number of benzene rings is 3. The molecule has 3 aromatic carbocycles. The first-order valence-corrected chi connectivity index (χ1v) is 11.9. The van der Waals surface area contributed by atoms with E-state index in [4.69, 9.17) is 4.74 Å². The molecule has 7 nitrogen and oxygen atoms in total. The van der Waals surface area contributed by atoms with Gasteiger partial charge in [-0.2, -0.15) is 5.10 Å². The lowest BCUT2D eigenvalue weighted by Gasteiger charge is -2.12. The van der Waals surface area contributed by atoms with Crippen LogP contribution in [-0.2, 0) is 4.79 Å². The third kappa shape index (κ3) is 5.71. The van der Waals surface area contributed by atoms with Gasteiger partial charge in [0.05, 0.1) is 35.2 Å². The molecule has 0 aliphatic rings. The molecule has 1 amide bonds. The number of aromatic nitrogens is 2. The molecule has 0 aliphatic heterocycles. The van der Waals surface area contributed by atoms with Crippen molar-refractivity contribution in [2.45, 2.75) is 18.5 Å². The fraction of sp³-hybridized carbons (Fsp3) is 0.154. The number of thioether (sulfide) groups is 1. The summed E-state index contributed by atoms with van der Waals surface area (Å²) in [5.41, 5.74) is 4.47. The number of nitrogens with one attached hydrogen (secondary N) is 1. The second kappa shape index (κ2) is 11.3. The Kier molecular flexibility index (Phi) is 7.72. The summed E-state index contributed by atoms with van der Waals surface area (Å²) in [5.74, 6) is 0.552. The van der Waals surface area contributed by atoms with Gasteiger partial charge in [-0.15, -0.1) is 0 Å². The molecule has 0 fully saturated rings. The van der Waals surface area contributed by atoms with Gasteiger partial charge in [-0.05, 0) is 60.5 Å². The highest BCUT2D eigenvalue weighted by molar-refractivity contribution is 7.99. The number of fused-ring (bicyclic) bond motifs is 1. The molecular weight excluding hydrogens is 448 g/mol. The quantitative estimate of drug-likeness (QED) is 0.169. The largest absolute Gasteiger partial charge is 0.494 e. The van der Waals surface area contributed by atoms with Crippen LogP contribution in [0.2, 0.25) is 0 Å². The molecule has 1 heterocycles. The molecule has 0 spiro atoms. The molecule has 0 bridgehead atoms. The Bertz CT molecular complexity index is 1350. The Hall–Kier alpha value is -3.91. The number of ether oxygens (including phenoxy) is 1. The normalized spacial score (nSPS) is 11.1. The van der Waals surface area contributed by atoms with Gasteiger partial charge in [0.2, 0.25) is 0 Å². The van der Waals surface area contributed by atoms with Crippen molar-refractivity contribution >= 4 is 34.8 Å². The minimum absolute atomic E-state index is 0.0543. The molecule has 0 saturated carbocycles. The van der Waals surface area contributed by atoms with Gasteiger partial charge in [-0.25, -0.2) is 10.4 Å². The fourth-order valence-electron chi connectivity index (χ4n) is 3.23. The Morgan fingerprint density at radius 3 is 2.56 bits per heavy atom. The second-order valence-electron chi connectivity index (χ2n) is 7.39. The lowest BCUT2D eigenvalue weighted by Crippen LogP contribution is -2.24. The molecule has 8 heteroatoms. The zero-order chi connectivity index (χ0) is 23.8. The van der Waals surface area contributed by atoms with E-state index in [1.807, 2.05) is 66.7 Å². The maximum atomic E-state index is 13.2. The average Bonchev–Trinajstić information content (AvgIpc) is 2.87. The maximum Gasteiger partial charge on any atom is 0.266 e. The number of carbonyl (C=O) groups excluding carboxylic acids is 1. The summed E-state index contributed by atoms with van der Waals surface area (Å²) in [7, 11) is 0. The van der Waals surface area contributed by atoms with Crippen LogP contribution in [0.4, 0.5) is 0 Å². The predicted molar refractivity (Wildman–Crippen MR) is 136 cm³/mol. The fourth-order valence-corrected chi connectivity index (χ4v) is 4.03. The smallest absolute Gasteiger partial charge is 0.266 e. The first-order chi connectivity index (χ1) is 16.7. The van der Waals surface area contributed by atoms with Crippen LogP contribution in [0, 0.1) is 0 Å². The molecule has 0 atom stereocenters. The molecule has 0 aliphatic carbocycles. The van der Waals surface area contributed by atoms with Crippen molar-refractivity contribution in [2.75, 3.05) is 12.4 Å². The summed E-state index contributed by atoms with van der Waals surface area (Å²) < 4.78 is 7.09. The summed E-state index contributed by atoms with van der Waals surface area (Å²) >= 11 is 1.18. The minimum Gasteiger partial charge on any atom is -0.494 e. The van der Waals surface area contributed by atoms with Gasteiger partial charge in [0.1, 0.15) is 5.75 Å². The van der Waals surface area contributed by atoms with Crippen LogP contribution in [0.5, 0.6) is 5.75 Å². The van der Waals surface area contributed by atoms with Gasteiger partial charge < -0.3 is 4.74 Å². The van der Waals surface area contributed by atoms with E-state index < -0.39 is 0 Å². The van der Waals surface area contributed by atoms with Gasteiger partial charge in [0.15, 0.2) is 5.16 Å². The van der Waals surface area contributed by atoms with E-state index in [2.05, 4.69) is 22.4 Å². The van der Waals surface area contributed by atoms with E-state index in [0.717, 1.165) is 17.7 Å². The molecule has 0 unspecified atom stereocenters. The van der Waals surface area contributed by atoms with Crippen molar-refractivity contribution in [3.05, 3.63) is 94.8 Å². The number of nitrogens with zero attached hydrogens (tertiary/aromatic N) is 3. The number of carbonyl (C=O) groups is 1. The standard InChI is InChI=1S/C26H24N4O3S/c1-2-16-33-21-14-12-19(13-15-21)17-27-29-24(31)18-34-26-28-23-11-7-6-10-22(23)25(32)30(26)20-8-4-3-5-9-20/h3-15,17H,2,16,18H2,1H3,(H,29,31)/b27-17+. The number of rotatable bonds is 9. The second-order valence-corrected chi connectivity index (χ2v) is 8.33. The lowest BCUT2D eigenvalue weighted by atomic mass is 10.2. The third-order valence-electron chi connectivity index (χ3n) is 4.85. The third-order valence-corrected chi connectivity index (χ3v) is 5.79. The van der Waals surface area contributed by atoms with Gasteiger partial charge in [-0.1, -0.05) is 49.0 Å². The minimum atomic E-state index is -0.300. The molecular formula is C26H24N4O3S. The number of para-hydroxylation sites is 2. The summed E-state index contributed by atoms with van der Waals surface area (Å²) in [6.07, 6.45) is 2.52. The molecule has 34 heavy (non-hydrogen) atoms. The monoisotopic (exact) mass is 472 g/mol.